The Labute approximate surface area is 94.6 Å². The summed E-state index contributed by atoms with van der Waals surface area (Å²) in [6.45, 7) is 2.02. The molecule has 1 rings (SSSR count). The molecule has 0 aliphatic carbocycles. The summed E-state index contributed by atoms with van der Waals surface area (Å²) >= 11 is 11.8. The van der Waals surface area contributed by atoms with Crippen LogP contribution in [0.1, 0.15) is 24.9 Å². The van der Waals surface area contributed by atoms with Crippen LogP contribution in [0.3, 0.4) is 0 Å². The molecule has 4 heteroatoms. The van der Waals surface area contributed by atoms with Crippen molar-refractivity contribution < 1.29 is 0 Å². The average Bonchev–Trinajstić information content (AvgIpc) is 2.08. The van der Waals surface area contributed by atoms with E-state index in [4.69, 9.17) is 28.9 Å². The summed E-state index contributed by atoms with van der Waals surface area (Å²) in [5, 5.41) is 1.14. The molecule has 1 atom stereocenters. The molecule has 0 saturated heterocycles. The third-order valence-corrected chi connectivity index (χ3v) is 2.65. The van der Waals surface area contributed by atoms with Crippen molar-refractivity contribution in [2.75, 3.05) is 0 Å². The summed E-state index contributed by atoms with van der Waals surface area (Å²) in [6, 6.07) is 5.51. The van der Waals surface area contributed by atoms with Crippen molar-refractivity contribution in [3.05, 3.63) is 33.8 Å². The van der Waals surface area contributed by atoms with Crippen LogP contribution in [-0.4, -0.2) is 0 Å². The fourth-order valence-corrected chi connectivity index (χ4v) is 1.47. The van der Waals surface area contributed by atoms with Crippen LogP contribution in [0.5, 0.6) is 0 Å². The quantitative estimate of drug-likeness (QED) is 0.835. The molecular formula is C9H12Cl3N. The number of nitrogens with two attached hydrogens (primary N) is 1. The maximum atomic E-state index is 5.95. The fourth-order valence-electron chi connectivity index (χ4n) is 1.03. The van der Waals surface area contributed by atoms with E-state index in [1.807, 2.05) is 19.1 Å². The molecule has 0 aliphatic heterocycles. The van der Waals surface area contributed by atoms with Gasteiger partial charge in [0.05, 0.1) is 10.0 Å². The smallest absolute Gasteiger partial charge is 0.0639 e. The van der Waals surface area contributed by atoms with Crippen LogP contribution in [-0.2, 0) is 0 Å². The van der Waals surface area contributed by atoms with E-state index in [0.29, 0.717) is 10.0 Å². The van der Waals surface area contributed by atoms with Gasteiger partial charge in [-0.25, -0.2) is 0 Å². The van der Waals surface area contributed by atoms with Gasteiger partial charge in [-0.15, -0.1) is 12.4 Å². The molecule has 2 N–H and O–H groups in total. The Morgan fingerprint density at radius 2 is 2.00 bits per heavy atom. The summed E-state index contributed by atoms with van der Waals surface area (Å²) in [7, 11) is 0. The van der Waals surface area contributed by atoms with E-state index in [0.717, 1.165) is 12.0 Å². The zero-order valence-corrected chi connectivity index (χ0v) is 9.59. The molecule has 1 nitrogen and oxygen atoms in total. The molecule has 0 bridgehead atoms. The van der Waals surface area contributed by atoms with E-state index < -0.39 is 0 Å². The van der Waals surface area contributed by atoms with E-state index >= 15 is 0 Å². The fraction of sp³-hybridized carbons (Fsp3) is 0.333. The second kappa shape index (κ2) is 5.71. The number of hydrogen-bond acceptors (Lipinski definition) is 1. The van der Waals surface area contributed by atoms with E-state index in [2.05, 4.69) is 0 Å². The Morgan fingerprint density at radius 1 is 1.38 bits per heavy atom. The Balaban J connectivity index is 0.00000144. The first kappa shape index (κ1) is 13.1. The Bertz CT molecular complexity index is 276. The van der Waals surface area contributed by atoms with Crippen LogP contribution < -0.4 is 5.73 Å². The zero-order chi connectivity index (χ0) is 9.14. The van der Waals surface area contributed by atoms with Gasteiger partial charge < -0.3 is 5.73 Å². The van der Waals surface area contributed by atoms with E-state index in [1.54, 1.807) is 6.07 Å². The highest BCUT2D eigenvalue weighted by Gasteiger charge is 2.09. The number of hydrogen-bond donors (Lipinski definition) is 1. The van der Waals surface area contributed by atoms with Gasteiger partial charge in [0.2, 0.25) is 0 Å². The molecule has 0 aliphatic rings. The van der Waals surface area contributed by atoms with Crippen LogP contribution >= 0.6 is 35.6 Å². The zero-order valence-electron chi connectivity index (χ0n) is 7.26. The molecule has 0 heterocycles. The molecule has 0 spiro atoms. The van der Waals surface area contributed by atoms with Gasteiger partial charge in [0, 0.05) is 6.04 Å². The van der Waals surface area contributed by atoms with Crippen LogP contribution in [0.2, 0.25) is 10.0 Å². The Kier molecular flexibility index (Phi) is 5.73. The third-order valence-electron chi connectivity index (χ3n) is 1.82. The molecule has 0 amide bonds. The molecular weight excluding hydrogens is 228 g/mol. The molecule has 0 fully saturated rings. The van der Waals surface area contributed by atoms with Crippen LogP contribution in [0.15, 0.2) is 18.2 Å². The van der Waals surface area contributed by atoms with E-state index in [9.17, 15) is 0 Å². The molecule has 13 heavy (non-hydrogen) atoms. The van der Waals surface area contributed by atoms with Crippen molar-refractivity contribution in [2.45, 2.75) is 19.4 Å². The lowest BCUT2D eigenvalue weighted by molar-refractivity contribution is 0.699. The van der Waals surface area contributed by atoms with Crippen molar-refractivity contribution >= 4 is 35.6 Å². The topological polar surface area (TPSA) is 26.0 Å². The highest BCUT2D eigenvalue weighted by molar-refractivity contribution is 6.42. The molecule has 1 aromatic rings. The van der Waals surface area contributed by atoms with Gasteiger partial charge in [-0.1, -0.05) is 42.3 Å². The predicted molar refractivity (Wildman–Crippen MR) is 60.9 cm³/mol. The van der Waals surface area contributed by atoms with Gasteiger partial charge in [0.25, 0.3) is 0 Å². The second-order valence-corrected chi connectivity index (χ2v) is 3.44. The standard InChI is InChI=1S/C9H11Cl2N.ClH/c1-2-8(12)6-4-3-5-7(10)9(6)11;/h3-5,8H,2,12H2,1H3;1H. The van der Waals surface area contributed by atoms with Crippen LogP contribution in [0, 0.1) is 0 Å². The molecule has 1 aromatic carbocycles. The summed E-state index contributed by atoms with van der Waals surface area (Å²) in [5.74, 6) is 0. The number of halogens is 3. The van der Waals surface area contributed by atoms with E-state index in [-0.39, 0.29) is 18.4 Å². The van der Waals surface area contributed by atoms with Gasteiger partial charge in [-0.05, 0) is 18.1 Å². The van der Waals surface area contributed by atoms with Crippen molar-refractivity contribution in [2.24, 2.45) is 5.73 Å². The minimum Gasteiger partial charge on any atom is -0.324 e. The van der Waals surface area contributed by atoms with Gasteiger partial charge in [-0.3, -0.25) is 0 Å². The Morgan fingerprint density at radius 3 is 2.54 bits per heavy atom. The summed E-state index contributed by atoms with van der Waals surface area (Å²) < 4.78 is 0. The monoisotopic (exact) mass is 239 g/mol. The van der Waals surface area contributed by atoms with Crippen molar-refractivity contribution in [3.8, 4) is 0 Å². The predicted octanol–water partition coefficient (Wildman–Crippen LogP) is 3.83. The Hall–Kier alpha value is 0.0500. The second-order valence-electron chi connectivity index (χ2n) is 2.66. The summed E-state index contributed by atoms with van der Waals surface area (Å²) in [6.07, 6.45) is 0.861. The minimum absolute atomic E-state index is 0. The maximum absolute atomic E-state index is 5.95. The lowest BCUT2D eigenvalue weighted by Crippen LogP contribution is -2.09. The largest absolute Gasteiger partial charge is 0.324 e. The number of benzene rings is 1. The maximum Gasteiger partial charge on any atom is 0.0639 e. The third kappa shape index (κ3) is 3.03. The van der Waals surface area contributed by atoms with Gasteiger partial charge in [0.1, 0.15) is 0 Å². The van der Waals surface area contributed by atoms with Crippen molar-refractivity contribution in [1.82, 2.24) is 0 Å². The van der Waals surface area contributed by atoms with E-state index in [1.165, 1.54) is 0 Å². The molecule has 0 aromatic heterocycles. The van der Waals surface area contributed by atoms with Crippen molar-refractivity contribution in [1.29, 1.82) is 0 Å². The average molecular weight is 241 g/mol. The lowest BCUT2D eigenvalue weighted by Gasteiger charge is -2.11. The van der Waals surface area contributed by atoms with Crippen molar-refractivity contribution in [3.63, 3.8) is 0 Å². The van der Waals surface area contributed by atoms with Gasteiger partial charge in [0.15, 0.2) is 0 Å². The summed E-state index contributed by atoms with van der Waals surface area (Å²) in [5.41, 5.74) is 6.74. The van der Waals surface area contributed by atoms with Gasteiger partial charge in [-0.2, -0.15) is 0 Å². The number of rotatable bonds is 2. The first-order valence-electron chi connectivity index (χ1n) is 3.86. The first-order valence-corrected chi connectivity index (χ1v) is 4.62. The lowest BCUT2D eigenvalue weighted by atomic mass is 10.1. The highest BCUT2D eigenvalue weighted by atomic mass is 35.5. The SMILES string of the molecule is CCC(N)c1cccc(Cl)c1Cl.Cl. The summed E-state index contributed by atoms with van der Waals surface area (Å²) in [4.78, 5) is 0. The highest BCUT2D eigenvalue weighted by Crippen LogP contribution is 2.29. The normalized spacial score (nSPS) is 12.0. The molecule has 74 valence electrons. The molecule has 0 saturated carbocycles. The minimum atomic E-state index is -0.0174. The van der Waals surface area contributed by atoms with Crippen LogP contribution in [0.25, 0.3) is 0 Å². The van der Waals surface area contributed by atoms with Gasteiger partial charge >= 0.3 is 0 Å². The molecule has 1 unspecified atom stereocenters. The van der Waals surface area contributed by atoms with Crippen LogP contribution in [0.4, 0.5) is 0 Å². The molecule has 0 radical (unpaired) electrons. The first-order chi connectivity index (χ1) is 5.66.